The summed E-state index contributed by atoms with van der Waals surface area (Å²) in [5.41, 5.74) is 0. The summed E-state index contributed by atoms with van der Waals surface area (Å²) >= 11 is 0. The van der Waals surface area contributed by atoms with E-state index in [0.29, 0.717) is 26.2 Å². The lowest BCUT2D eigenvalue weighted by Crippen LogP contribution is -2.45. The SMILES string of the molecule is CC(=O)[13CH2][15N]1CC[15N](C)CC1.CC(=[18O])[13CH2]N1CCN(C)CC1.C[13C](=O)C[15N]1CC[15N](C)CC1.C[13C](=[18O])CN1CCN(C)CC1. The van der Waals surface area contributed by atoms with E-state index in [1.165, 1.54) is 0 Å². The number of carbonyl (C=O) groups is 4. The Bertz CT molecular complexity index is 692. The van der Waals surface area contributed by atoms with Gasteiger partial charge >= 0.3 is 0 Å². The van der Waals surface area contributed by atoms with E-state index < -0.39 is 0 Å². The van der Waals surface area contributed by atoms with Crippen LogP contribution in [0.5, 0.6) is 0 Å². The quantitative estimate of drug-likeness (QED) is 0.192. The zero-order valence-electron chi connectivity index (χ0n) is 29.4. The molecule has 12 heteroatoms. The van der Waals surface area contributed by atoms with Gasteiger partial charge < -0.3 is 19.6 Å². The predicted molar refractivity (Wildman–Crippen MR) is 178 cm³/mol. The lowest BCUT2D eigenvalue weighted by Gasteiger charge is -2.31. The number of carbonyl (C=O) groups excluding carboxylic acids is 4. The molecule has 0 unspecified atom stereocenters. The van der Waals surface area contributed by atoms with Crippen molar-refractivity contribution in [1.29, 1.82) is 0 Å². The minimum Gasteiger partial charge on any atom is -0.304 e. The zero-order chi connectivity index (χ0) is 33.1. The topological polar surface area (TPSA) is 94.2 Å². The molecular formula is C32H64N8O4. The lowest BCUT2D eigenvalue weighted by atomic mass is 10.3. The maximum Gasteiger partial charge on any atom is 0.143 e. The number of Topliss-reactive ketones (excluding diaryl/α,β-unsaturated/α-hetero) is 4. The van der Waals surface area contributed by atoms with Gasteiger partial charge in [0.2, 0.25) is 0 Å². The van der Waals surface area contributed by atoms with Gasteiger partial charge in [0.25, 0.3) is 0 Å². The van der Waals surface area contributed by atoms with E-state index in [1.807, 2.05) is 0 Å². The molecule has 0 bridgehead atoms. The van der Waals surface area contributed by atoms with Gasteiger partial charge in [0.1, 0.15) is 23.1 Å². The summed E-state index contributed by atoms with van der Waals surface area (Å²) in [6, 6.07) is 0. The molecule has 44 heavy (non-hydrogen) atoms. The Labute approximate surface area is 268 Å². The number of rotatable bonds is 8. The van der Waals surface area contributed by atoms with Crippen LogP contribution in [-0.2, 0) is 19.2 Å². The van der Waals surface area contributed by atoms with Crippen LogP contribution in [0.2, 0.25) is 0 Å². The van der Waals surface area contributed by atoms with Crippen LogP contribution in [0, 0.1) is 0 Å². The van der Waals surface area contributed by atoms with Crippen LogP contribution in [0.1, 0.15) is 27.7 Å². The van der Waals surface area contributed by atoms with Crippen molar-refractivity contribution in [3.05, 3.63) is 0 Å². The first-order chi connectivity index (χ1) is 20.7. The van der Waals surface area contributed by atoms with Crippen LogP contribution in [0.25, 0.3) is 0 Å². The molecule has 4 fully saturated rings. The second kappa shape index (κ2) is 22.8. The second-order valence-electron chi connectivity index (χ2n) is 13.1. The molecule has 4 saturated heterocycles. The minimum absolute atomic E-state index is 0.273. The number of nitrogens with zero attached hydrogens (tertiary/aromatic N) is 8. The molecule has 4 rings (SSSR count). The number of hydrogen-bond acceptors (Lipinski definition) is 12. The van der Waals surface area contributed by atoms with Crippen LogP contribution in [0.15, 0.2) is 0 Å². The van der Waals surface area contributed by atoms with Crippen LogP contribution >= 0.6 is 0 Å². The second-order valence-corrected chi connectivity index (χ2v) is 13.1. The van der Waals surface area contributed by atoms with Crippen LogP contribution < -0.4 is 0 Å². The highest BCUT2D eigenvalue weighted by Gasteiger charge is 2.16. The van der Waals surface area contributed by atoms with Gasteiger partial charge in [-0.1, -0.05) is 0 Å². The molecule has 0 amide bonds. The van der Waals surface area contributed by atoms with Gasteiger partial charge in [-0.05, 0) is 55.9 Å². The van der Waals surface area contributed by atoms with Crippen molar-refractivity contribution in [3.8, 4) is 0 Å². The van der Waals surface area contributed by atoms with E-state index in [2.05, 4.69) is 67.4 Å². The predicted octanol–water partition coefficient (Wildman–Crippen LogP) is -0.709. The van der Waals surface area contributed by atoms with E-state index in [-0.39, 0.29) is 23.1 Å². The van der Waals surface area contributed by atoms with Gasteiger partial charge in [0, 0.05) is 105 Å². The average molecular weight is 637 g/mol. The minimum atomic E-state index is 0.273. The fourth-order valence-corrected chi connectivity index (χ4v) is 5.28. The molecule has 4 aliphatic rings. The van der Waals surface area contributed by atoms with Crippen LogP contribution in [0.4, 0.5) is 0 Å². The molecule has 0 atom stereocenters. The van der Waals surface area contributed by atoms with Crippen molar-refractivity contribution in [3.63, 3.8) is 0 Å². The van der Waals surface area contributed by atoms with E-state index in [9.17, 15) is 19.2 Å². The Morgan fingerprint density at radius 3 is 0.727 bits per heavy atom. The van der Waals surface area contributed by atoms with E-state index in [1.54, 1.807) is 27.7 Å². The first-order valence-corrected chi connectivity index (χ1v) is 16.3. The fourth-order valence-electron chi connectivity index (χ4n) is 5.28. The lowest BCUT2D eigenvalue weighted by molar-refractivity contribution is -0.119. The molecule has 0 aromatic heterocycles. The molecule has 0 spiro atoms. The summed E-state index contributed by atoms with van der Waals surface area (Å²) in [5.74, 6) is 1.09. The Kier molecular flexibility index (Phi) is 20.9. The van der Waals surface area contributed by atoms with Crippen molar-refractivity contribution in [2.24, 2.45) is 0 Å². The Morgan fingerprint density at radius 2 is 0.568 bits per heavy atom. The summed E-state index contributed by atoms with van der Waals surface area (Å²) in [6.45, 7) is 26.2. The van der Waals surface area contributed by atoms with Crippen molar-refractivity contribution in [2.45, 2.75) is 27.7 Å². The smallest absolute Gasteiger partial charge is 0.143 e. The van der Waals surface area contributed by atoms with Crippen molar-refractivity contribution in [1.82, 2.24) is 39.2 Å². The molecule has 4 aliphatic heterocycles. The van der Waals surface area contributed by atoms with Crippen molar-refractivity contribution >= 4 is 23.1 Å². The molecule has 0 radical (unpaired) electrons. The van der Waals surface area contributed by atoms with Crippen molar-refractivity contribution in [2.75, 3.05) is 159 Å². The summed E-state index contributed by atoms with van der Waals surface area (Å²) < 4.78 is 0. The van der Waals surface area contributed by atoms with Crippen LogP contribution in [0.3, 0.4) is 0 Å². The van der Waals surface area contributed by atoms with Crippen molar-refractivity contribution < 1.29 is 19.2 Å². The van der Waals surface area contributed by atoms with Gasteiger partial charge in [0.15, 0.2) is 0 Å². The third kappa shape index (κ3) is 21.2. The van der Waals surface area contributed by atoms with E-state index in [0.717, 1.165) is 105 Å². The molecule has 0 N–H and O–H groups in total. The third-order valence-corrected chi connectivity index (χ3v) is 8.17. The van der Waals surface area contributed by atoms with Gasteiger partial charge in [-0.25, -0.2) is 0 Å². The fraction of sp³-hybridized carbons (Fsp3) is 0.875. The highest BCUT2D eigenvalue weighted by molar-refractivity contribution is 5.78. The van der Waals surface area contributed by atoms with Gasteiger partial charge in [-0.15, -0.1) is 0 Å². The largest absolute Gasteiger partial charge is 0.304 e. The molecule has 0 aliphatic carbocycles. The maximum absolute atomic E-state index is 10.7. The Morgan fingerprint density at radius 1 is 0.386 bits per heavy atom. The molecule has 4 heterocycles. The highest BCUT2D eigenvalue weighted by Crippen LogP contribution is 2.00. The van der Waals surface area contributed by atoms with Crippen LogP contribution in [-0.4, -0.2) is 221 Å². The monoisotopic (exact) mass is 637 g/mol. The summed E-state index contributed by atoms with van der Waals surface area (Å²) in [6.07, 6.45) is 0. The normalized spacial score (nSPS) is 22.0. The number of ketones is 4. The number of piperazine rings is 4. The first-order valence-electron chi connectivity index (χ1n) is 16.3. The van der Waals surface area contributed by atoms with E-state index in [4.69, 9.17) is 0 Å². The maximum atomic E-state index is 10.7. The third-order valence-electron chi connectivity index (χ3n) is 8.17. The summed E-state index contributed by atoms with van der Waals surface area (Å²) in [4.78, 5) is 60.9. The zero-order valence-corrected chi connectivity index (χ0v) is 29.4. The van der Waals surface area contributed by atoms with E-state index >= 15 is 0 Å². The van der Waals surface area contributed by atoms with Gasteiger partial charge in [0.05, 0.1) is 26.2 Å². The molecule has 256 valence electrons. The number of likely N-dealkylation sites (N-methyl/N-ethyl adjacent to an activating group) is 4. The number of hydrogen-bond donors (Lipinski definition) is 0. The molecule has 0 aromatic carbocycles. The molecule has 0 aromatic rings. The molecule has 0 saturated carbocycles. The first kappa shape index (κ1) is 40.4. The molecular weight excluding hydrogens is 572 g/mol. The molecule has 12 nitrogen and oxygen atoms in total. The summed E-state index contributed by atoms with van der Waals surface area (Å²) in [5, 5.41) is 0. The highest BCUT2D eigenvalue weighted by atomic mass is 18.1. The van der Waals surface area contributed by atoms with Gasteiger partial charge in [-0.3, -0.25) is 38.8 Å². The standard InChI is InChI=1S/4C8H16N2O/c4*1-8(11)7-10-5-3-9(2)4-6-10/h4*3-7H2,1-2H3/i8+1,9+1,10+1;7+1,9+1,10+1;8+1,11+2;7+1,11+2. The summed E-state index contributed by atoms with van der Waals surface area (Å²) in [7, 11) is 8.46. The Hall–Kier alpha value is -1.64. The van der Waals surface area contributed by atoms with Gasteiger partial charge in [-0.2, -0.15) is 0 Å². The average Bonchev–Trinajstić information content (AvgIpc) is 2.94. The Balaban J connectivity index is 0.000000293.